The van der Waals surface area contributed by atoms with Gasteiger partial charge < -0.3 is 9.47 Å². The van der Waals surface area contributed by atoms with Gasteiger partial charge >= 0.3 is 5.97 Å². The number of hydrogen-bond donors (Lipinski definition) is 0. The first kappa shape index (κ1) is 19.2. The number of carbonyl (C=O) groups excluding carboxylic acids is 2. The zero-order chi connectivity index (χ0) is 19.1. The van der Waals surface area contributed by atoms with Crippen LogP contribution in [0.3, 0.4) is 0 Å². The number of ether oxygens (including phenoxy) is 2. The van der Waals surface area contributed by atoms with Crippen molar-refractivity contribution in [1.29, 1.82) is 0 Å². The Kier molecular flexibility index (Phi) is 6.64. The van der Waals surface area contributed by atoms with Crippen LogP contribution in [-0.4, -0.2) is 25.0 Å². The third-order valence-electron chi connectivity index (χ3n) is 5.04. The first-order valence-electron chi connectivity index (χ1n) is 9.70. The van der Waals surface area contributed by atoms with E-state index >= 15 is 0 Å². The number of Topliss-reactive ketones (excluding diaryl/α,β-unsaturated/α-hetero) is 1. The first-order valence-corrected chi connectivity index (χ1v) is 9.70. The molecule has 142 valence electrons. The Balaban J connectivity index is 1.53. The van der Waals surface area contributed by atoms with Crippen molar-refractivity contribution in [1.82, 2.24) is 0 Å². The minimum absolute atomic E-state index is 0.190. The minimum atomic E-state index is -0.509. The standard InChI is InChI=1S/C23H26O4/c1-2-26-21-14-12-20(13-15-21)23(25)27-16-22(24)19-10-8-18(9-11-19)17-6-4-3-5-7-17/h8-15,17H,2-7,16H2,1H3. The smallest absolute Gasteiger partial charge is 0.338 e. The van der Waals surface area contributed by atoms with E-state index in [1.807, 2.05) is 31.2 Å². The van der Waals surface area contributed by atoms with Gasteiger partial charge in [0.05, 0.1) is 12.2 Å². The second-order valence-corrected chi connectivity index (χ2v) is 6.91. The Labute approximate surface area is 160 Å². The van der Waals surface area contributed by atoms with E-state index in [0.29, 0.717) is 29.4 Å². The first-order chi connectivity index (χ1) is 13.2. The minimum Gasteiger partial charge on any atom is -0.494 e. The molecule has 0 spiro atoms. The molecule has 4 heteroatoms. The molecule has 0 aliphatic heterocycles. The van der Waals surface area contributed by atoms with E-state index in [1.165, 1.54) is 37.7 Å². The Hall–Kier alpha value is -2.62. The zero-order valence-electron chi connectivity index (χ0n) is 15.8. The SMILES string of the molecule is CCOc1ccc(C(=O)OCC(=O)c2ccc(C3CCCCC3)cc2)cc1. The van der Waals surface area contributed by atoms with E-state index < -0.39 is 5.97 Å². The van der Waals surface area contributed by atoms with E-state index in [4.69, 9.17) is 9.47 Å². The fraction of sp³-hybridized carbons (Fsp3) is 0.391. The van der Waals surface area contributed by atoms with E-state index in [-0.39, 0.29) is 12.4 Å². The average Bonchev–Trinajstić information content (AvgIpc) is 2.73. The number of benzene rings is 2. The van der Waals surface area contributed by atoms with Crippen LogP contribution in [0.15, 0.2) is 48.5 Å². The van der Waals surface area contributed by atoms with Gasteiger partial charge in [0.1, 0.15) is 5.75 Å². The summed E-state index contributed by atoms with van der Waals surface area (Å²) in [7, 11) is 0. The van der Waals surface area contributed by atoms with Crippen LogP contribution in [0.5, 0.6) is 5.75 Å². The summed E-state index contributed by atoms with van der Waals surface area (Å²) >= 11 is 0. The van der Waals surface area contributed by atoms with Crippen LogP contribution >= 0.6 is 0 Å². The van der Waals surface area contributed by atoms with Crippen LogP contribution < -0.4 is 4.74 Å². The third-order valence-corrected chi connectivity index (χ3v) is 5.04. The molecule has 3 rings (SSSR count). The van der Waals surface area contributed by atoms with Gasteiger partial charge in [-0.25, -0.2) is 4.79 Å². The lowest BCUT2D eigenvalue weighted by Gasteiger charge is -2.22. The van der Waals surface area contributed by atoms with Crippen LogP contribution in [0.4, 0.5) is 0 Å². The molecule has 27 heavy (non-hydrogen) atoms. The van der Waals surface area contributed by atoms with Gasteiger partial charge in [-0.15, -0.1) is 0 Å². The van der Waals surface area contributed by atoms with E-state index in [0.717, 1.165) is 0 Å². The molecule has 0 unspecified atom stereocenters. The normalized spacial score (nSPS) is 14.6. The third kappa shape index (κ3) is 5.19. The van der Waals surface area contributed by atoms with Crippen molar-refractivity contribution in [2.45, 2.75) is 44.9 Å². The van der Waals surface area contributed by atoms with Gasteiger partial charge in [0.2, 0.25) is 0 Å². The van der Waals surface area contributed by atoms with Gasteiger partial charge in [0.15, 0.2) is 12.4 Å². The molecule has 2 aromatic rings. The molecular weight excluding hydrogens is 340 g/mol. The lowest BCUT2D eigenvalue weighted by Crippen LogP contribution is -2.14. The van der Waals surface area contributed by atoms with Gasteiger partial charge in [0, 0.05) is 5.56 Å². The van der Waals surface area contributed by atoms with Gasteiger partial charge in [-0.3, -0.25) is 4.79 Å². The van der Waals surface area contributed by atoms with Crippen LogP contribution in [0, 0.1) is 0 Å². The molecule has 0 heterocycles. The Morgan fingerprint density at radius 1 is 0.889 bits per heavy atom. The van der Waals surface area contributed by atoms with Crippen LogP contribution in [-0.2, 0) is 4.74 Å². The summed E-state index contributed by atoms with van der Waals surface area (Å²) < 4.78 is 10.5. The highest BCUT2D eigenvalue weighted by atomic mass is 16.5. The summed E-state index contributed by atoms with van der Waals surface area (Å²) in [6.45, 7) is 2.21. The topological polar surface area (TPSA) is 52.6 Å². The number of ketones is 1. The van der Waals surface area contributed by atoms with E-state index in [2.05, 4.69) is 0 Å². The van der Waals surface area contributed by atoms with Gasteiger partial charge in [0.25, 0.3) is 0 Å². The highest BCUT2D eigenvalue weighted by molar-refractivity contribution is 5.99. The summed E-state index contributed by atoms with van der Waals surface area (Å²) in [6, 6.07) is 14.5. The molecule has 0 atom stereocenters. The second-order valence-electron chi connectivity index (χ2n) is 6.91. The Morgan fingerprint density at radius 2 is 1.52 bits per heavy atom. The largest absolute Gasteiger partial charge is 0.494 e. The van der Waals surface area contributed by atoms with E-state index in [1.54, 1.807) is 24.3 Å². The molecule has 0 aromatic heterocycles. The highest BCUT2D eigenvalue weighted by Gasteiger charge is 2.16. The lowest BCUT2D eigenvalue weighted by atomic mass is 9.84. The summed E-state index contributed by atoms with van der Waals surface area (Å²) in [5, 5.41) is 0. The van der Waals surface area contributed by atoms with Crippen LogP contribution in [0.1, 0.15) is 71.2 Å². The summed E-state index contributed by atoms with van der Waals surface area (Å²) in [5.41, 5.74) is 2.28. The number of rotatable bonds is 7. The molecule has 1 fully saturated rings. The Bertz CT molecular complexity index is 756. The van der Waals surface area contributed by atoms with Crippen LogP contribution in [0.25, 0.3) is 0 Å². The summed E-state index contributed by atoms with van der Waals surface area (Å²) in [5.74, 6) is 0.610. The van der Waals surface area contributed by atoms with Crippen molar-refractivity contribution in [2.24, 2.45) is 0 Å². The van der Waals surface area contributed by atoms with Crippen molar-refractivity contribution < 1.29 is 19.1 Å². The molecule has 1 aliphatic carbocycles. The van der Waals surface area contributed by atoms with Gasteiger partial charge in [-0.05, 0) is 55.5 Å². The molecule has 0 radical (unpaired) electrons. The Morgan fingerprint density at radius 3 is 2.15 bits per heavy atom. The van der Waals surface area contributed by atoms with Crippen molar-refractivity contribution in [3.8, 4) is 5.75 Å². The van der Waals surface area contributed by atoms with Crippen molar-refractivity contribution in [2.75, 3.05) is 13.2 Å². The maximum Gasteiger partial charge on any atom is 0.338 e. The fourth-order valence-electron chi connectivity index (χ4n) is 3.53. The van der Waals surface area contributed by atoms with Gasteiger partial charge in [-0.2, -0.15) is 0 Å². The fourth-order valence-corrected chi connectivity index (χ4v) is 3.53. The quantitative estimate of drug-likeness (QED) is 0.501. The van der Waals surface area contributed by atoms with Crippen LogP contribution in [0.2, 0.25) is 0 Å². The molecule has 0 N–H and O–H groups in total. The zero-order valence-corrected chi connectivity index (χ0v) is 15.8. The summed E-state index contributed by atoms with van der Waals surface area (Å²) in [4.78, 5) is 24.4. The molecule has 1 aliphatic rings. The van der Waals surface area contributed by atoms with Crippen molar-refractivity contribution >= 4 is 11.8 Å². The molecule has 0 saturated heterocycles. The van der Waals surface area contributed by atoms with Gasteiger partial charge in [-0.1, -0.05) is 43.5 Å². The van der Waals surface area contributed by atoms with Crippen molar-refractivity contribution in [3.63, 3.8) is 0 Å². The molecule has 1 saturated carbocycles. The second kappa shape index (κ2) is 9.36. The molecule has 4 nitrogen and oxygen atoms in total. The molecular formula is C23H26O4. The monoisotopic (exact) mass is 366 g/mol. The van der Waals surface area contributed by atoms with Crippen molar-refractivity contribution in [3.05, 3.63) is 65.2 Å². The lowest BCUT2D eigenvalue weighted by molar-refractivity contribution is 0.0474. The van der Waals surface area contributed by atoms with E-state index in [9.17, 15) is 9.59 Å². The number of carbonyl (C=O) groups is 2. The molecule has 0 bridgehead atoms. The molecule has 2 aromatic carbocycles. The molecule has 0 amide bonds. The number of esters is 1. The number of hydrogen-bond acceptors (Lipinski definition) is 4. The predicted molar refractivity (Wildman–Crippen MR) is 104 cm³/mol. The average molecular weight is 366 g/mol. The highest BCUT2D eigenvalue weighted by Crippen LogP contribution is 2.32. The maximum absolute atomic E-state index is 12.3. The predicted octanol–water partition coefficient (Wildman–Crippen LogP) is 5.17. The summed E-state index contributed by atoms with van der Waals surface area (Å²) in [6.07, 6.45) is 6.35. The maximum atomic E-state index is 12.3.